The van der Waals surface area contributed by atoms with E-state index >= 15 is 0 Å². The fraction of sp³-hybridized carbons (Fsp3) is 0.588. The summed E-state index contributed by atoms with van der Waals surface area (Å²) in [7, 11) is 0. The zero-order valence-corrected chi connectivity index (χ0v) is 13.8. The SMILES string of the molecule is Fc1ccc(CN2CCCN(Cc3nnnn3C3CC3)CC2)cc1. The van der Waals surface area contributed by atoms with E-state index in [2.05, 4.69) is 25.3 Å². The van der Waals surface area contributed by atoms with Crippen molar-refractivity contribution < 1.29 is 4.39 Å². The van der Waals surface area contributed by atoms with Gasteiger partial charge in [0.1, 0.15) is 5.82 Å². The lowest BCUT2D eigenvalue weighted by molar-refractivity contribution is 0.240. The lowest BCUT2D eigenvalue weighted by Gasteiger charge is -2.21. The average Bonchev–Trinajstić information content (AvgIpc) is 3.36. The first-order valence-electron chi connectivity index (χ1n) is 8.74. The smallest absolute Gasteiger partial charge is 0.165 e. The zero-order chi connectivity index (χ0) is 16.4. The molecule has 0 radical (unpaired) electrons. The molecule has 2 aromatic rings. The van der Waals surface area contributed by atoms with Crippen LogP contribution in [-0.2, 0) is 13.1 Å². The standard InChI is InChI=1S/C17H23FN6/c18-15-4-2-14(3-5-15)12-22-8-1-9-23(11-10-22)13-17-19-20-21-24(17)16-6-7-16/h2-5,16H,1,6-13H2. The van der Waals surface area contributed by atoms with Gasteiger partial charge in [-0.05, 0) is 60.5 Å². The summed E-state index contributed by atoms with van der Waals surface area (Å²) in [6.07, 6.45) is 3.53. The van der Waals surface area contributed by atoms with Crippen LogP contribution in [0.4, 0.5) is 4.39 Å². The minimum absolute atomic E-state index is 0.172. The van der Waals surface area contributed by atoms with E-state index in [1.54, 1.807) is 0 Å². The largest absolute Gasteiger partial charge is 0.298 e. The van der Waals surface area contributed by atoms with Gasteiger partial charge in [0.05, 0.1) is 12.6 Å². The highest BCUT2D eigenvalue weighted by atomic mass is 19.1. The van der Waals surface area contributed by atoms with Crippen LogP contribution in [0.5, 0.6) is 0 Å². The molecule has 1 saturated heterocycles. The van der Waals surface area contributed by atoms with Crippen LogP contribution in [0.3, 0.4) is 0 Å². The second-order valence-electron chi connectivity index (χ2n) is 6.80. The highest BCUT2D eigenvalue weighted by molar-refractivity contribution is 5.15. The van der Waals surface area contributed by atoms with E-state index < -0.39 is 0 Å². The Hall–Kier alpha value is -1.86. The van der Waals surface area contributed by atoms with Crippen molar-refractivity contribution in [2.24, 2.45) is 0 Å². The highest BCUT2D eigenvalue weighted by Crippen LogP contribution is 2.34. The Morgan fingerprint density at radius 3 is 2.38 bits per heavy atom. The minimum atomic E-state index is -0.172. The van der Waals surface area contributed by atoms with Crippen molar-refractivity contribution in [1.82, 2.24) is 30.0 Å². The monoisotopic (exact) mass is 330 g/mol. The summed E-state index contributed by atoms with van der Waals surface area (Å²) in [6.45, 7) is 5.88. The average molecular weight is 330 g/mol. The predicted octanol–water partition coefficient (Wildman–Crippen LogP) is 1.85. The molecule has 4 rings (SSSR count). The van der Waals surface area contributed by atoms with Crippen molar-refractivity contribution >= 4 is 0 Å². The van der Waals surface area contributed by atoms with E-state index in [1.165, 1.54) is 30.5 Å². The van der Waals surface area contributed by atoms with E-state index in [9.17, 15) is 4.39 Å². The fourth-order valence-electron chi connectivity index (χ4n) is 3.31. The Bertz CT molecular complexity index is 666. The number of hydrogen-bond acceptors (Lipinski definition) is 5. The van der Waals surface area contributed by atoms with E-state index in [0.29, 0.717) is 6.04 Å². The zero-order valence-electron chi connectivity index (χ0n) is 13.8. The number of rotatable bonds is 5. The lowest BCUT2D eigenvalue weighted by atomic mass is 10.2. The number of halogens is 1. The van der Waals surface area contributed by atoms with E-state index in [0.717, 1.165) is 51.5 Å². The Morgan fingerprint density at radius 1 is 0.958 bits per heavy atom. The summed E-state index contributed by atoms with van der Waals surface area (Å²) < 4.78 is 15.0. The summed E-state index contributed by atoms with van der Waals surface area (Å²) in [5.74, 6) is 0.818. The van der Waals surface area contributed by atoms with Gasteiger partial charge in [-0.25, -0.2) is 9.07 Å². The first-order valence-corrected chi connectivity index (χ1v) is 8.74. The molecule has 7 heteroatoms. The van der Waals surface area contributed by atoms with Crippen LogP contribution in [0.2, 0.25) is 0 Å². The maximum Gasteiger partial charge on any atom is 0.165 e. The molecule has 0 unspecified atom stereocenters. The molecule has 24 heavy (non-hydrogen) atoms. The normalized spacial score (nSPS) is 20.2. The molecule has 0 spiro atoms. The van der Waals surface area contributed by atoms with Crippen LogP contribution in [-0.4, -0.2) is 56.2 Å². The molecule has 0 amide bonds. The van der Waals surface area contributed by atoms with Gasteiger partial charge in [-0.15, -0.1) is 5.10 Å². The summed E-state index contributed by atoms with van der Waals surface area (Å²) >= 11 is 0. The summed E-state index contributed by atoms with van der Waals surface area (Å²) in [5.41, 5.74) is 1.17. The molecule has 0 bridgehead atoms. The molecule has 0 N–H and O–H groups in total. The second-order valence-corrected chi connectivity index (χ2v) is 6.80. The summed E-state index contributed by atoms with van der Waals surface area (Å²) in [5, 5.41) is 12.2. The topological polar surface area (TPSA) is 50.1 Å². The third kappa shape index (κ3) is 3.79. The first kappa shape index (κ1) is 15.7. The van der Waals surface area contributed by atoms with Gasteiger partial charge in [-0.2, -0.15) is 0 Å². The molecule has 6 nitrogen and oxygen atoms in total. The molecule has 128 valence electrons. The summed E-state index contributed by atoms with van der Waals surface area (Å²) in [6, 6.07) is 7.36. The van der Waals surface area contributed by atoms with Crippen LogP contribution in [0.15, 0.2) is 24.3 Å². The van der Waals surface area contributed by atoms with Gasteiger partial charge >= 0.3 is 0 Å². The van der Waals surface area contributed by atoms with Crippen molar-refractivity contribution in [1.29, 1.82) is 0 Å². The molecular formula is C17H23FN6. The third-order valence-electron chi connectivity index (χ3n) is 4.82. The van der Waals surface area contributed by atoms with Crippen LogP contribution in [0.1, 0.15) is 36.7 Å². The maximum atomic E-state index is 13.0. The van der Waals surface area contributed by atoms with Crippen molar-refractivity contribution in [3.63, 3.8) is 0 Å². The van der Waals surface area contributed by atoms with E-state index in [-0.39, 0.29) is 5.82 Å². The Labute approximate surface area is 141 Å². The number of nitrogens with zero attached hydrogens (tertiary/aromatic N) is 6. The van der Waals surface area contributed by atoms with Crippen LogP contribution < -0.4 is 0 Å². The van der Waals surface area contributed by atoms with Gasteiger partial charge in [0.2, 0.25) is 0 Å². The van der Waals surface area contributed by atoms with Crippen LogP contribution in [0, 0.1) is 5.82 Å². The van der Waals surface area contributed by atoms with Crippen molar-refractivity contribution in [3.05, 3.63) is 41.5 Å². The van der Waals surface area contributed by atoms with Gasteiger partial charge in [0.25, 0.3) is 0 Å². The molecule has 2 fully saturated rings. The Morgan fingerprint density at radius 2 is 1.67 bits per heavy atom. The van der Waals surface area contributed by atoms with Crippen molar-refractivity contribution in [2.45, 2.75) is 38.4 Å². The second kappa shape index (κ2) is 6.94. The molecule has 1 aromatic heterocycles. The Balaban J connectivity index is 1.32. The maximum absolute atomic E-state index is 13.0. The molecule has 1 saturated carbocycles. The molecule has 2 heterocycles. The Kier molecular flexibility index (Phi) is 4.53. The van der Waals surface area contributed by atoms with E-state index in [4.69, 9.17) is 0 Å². The molecule has 2 aliphatic rings. The van der Waals surface area contributed by atoms with Crippen molar-refractivity contribution in [2.75, 3.05) is 26.2 Å². The van der Waals surface area contributed by atoms with Gasteiger partial charge in [0, 0.05) is 19.6 Å². The third-order valence-corrected chi connectivity index (χ3v) is 4.82. The summed E-state index contributed by atoms with van der Waals surface area (Å²) in [4.78, 5) is 4.88. The predicted molar refractivity (Wildman–Crippen MR) is 87.7 cm³/mol. The number of tetrazole rings is 1. The van der Waals surface area contributed by atoms with Crippen LogP contribution in [0.25, 0.3) is 0 Å². The van der Waals surface area contributed by atoms with Gasteiger partial charge < -0.3 is 0 Å². The van der Waals surface area contributed by atoms with E-state index in [1.807, 2.05) is 16.8 Å². The molecule has 1 aliphatic heterocycles. The van der Waals surface area contributed by atoms with Gasteiger partial charge in [-0.3, -0.25) is 9.80 Å². The lowest BCUT2D eigenvalue weighted by Crippen LogP contribution is -2.31. The number of aromatic nitrogens is 4. The van der Waals surface area contributed by atoms with Gasteiger partial charge in [0.15, 0.2) is 5.82 Å². The minimum Gasteiger partial charge on any atom is -0.298 e. The molecule has 1 aliphatic carbocycles. The number of benzene rings is 1. The highest BCUT2D eigenvalue weighted by Gasteiger charge is 2.28. The van der Waals surface area contributed by atoms with Crippen LogP contribution >= 0.6 is 0 Å². The molecule has 1 aromatic carbocycles. The fourth-order valence-corrected chi connectivity index (χ4v) is 3.31. The first-order chi connectivity index (χ1) is 11.8. The molecule has 0 atom stereocenters. The van der Waals surface area contributed by atoms with Gasteiger partial charge in [-0.1, -0.05) is 12.1 Å². The molecular weight excluding hydrogens is 307 g/mol. The number of hydrogen-bond donors (Lipinski definition) is 0. The van der Waals surface area contributed by atoms with Crippen molar-refractivity contribution in [3.8, 4) is 0 Å². The quantitative estimate of drug-likeness (QED) is 0.837.